The van der Waals surface area contributed by atoms with Crippen molar-refractivity contribution in [1.29, 1.82) is 0 Å². The summed E-state index contributed by atoms with van der Waals surface area (Å²) in [5.41, 5.74) is 1.43. The van der Waals surface area contributed by atoms with Gasteiger partial charge in [-0.25, -0.2) is 0 Å². The molecule has 3 heteroatoms. The average molecular weight is 209 g/mol. The van der Waals surface area contributed by atoms with Gasteiger partial charge >= 0.3 is 0 Å². The standard InChI is InChI=1S/C12H23N3/c1-11(2)3-4-14-5-7-15(8-6-14)12-9-13-10-12/h3,12-13H,4-10H2,1-2H3. The van der Waals surface area contributed by atoms with Crippen molar-refractivity contribution in [3.63, 3.8) is 0 Å². The molecule has 3 nitrogen and oxygen atoms in total. The Kier molecular flexibility index (Phi) is 3.78. The third kappa shape index (κ3) is 3.03. The smallest absolute Gasteiger partial charge is 0.0346 e. The van der Waals surface area contributed by atoms with Crippen LogP contribution in [0.3, 0.4) is 0 Å². The van der Waals surface area contributed by atoms with Gasteiger partial charge in [0.25, 0.3) is 0 Å². The first-order valence-corrected chi connectivity index (χ1v) is 6.06. The molecule has 0 aliphatic carbocycles. The maximum atomic E-state index is 3.35. The summed E-state index contributed by atoms with van der Waals surface area (Å²) in [6.07, 6.45) is 2.33. The molecule has 2 aliphatic heterocycles. The quantitative estimate of drug-likeness (QED) is 0.685. The Morgan fingerprint density at radius 3 is 2.33 bits per heavy atom. The Morgan fingerprint density at radius 2 is 1.87 bits per heavy atom. The van der Waals surface area contributed by atoms with Crippen LogP contribution in [0.15, 0.2) is 11.6 Å². The summed E-state index contributed by atoms with van der Waals surface area (Å²) >= 11 is 0. The lowest BCUT2D eigenvalue weighted by Crippen LogP contribution is -2.61. The molecule has 0 aromatic carbocycles. The molecule has 0 spiro atoms. The molecule has 2 aliphatic rings. The van der Waals surface area contributed by atoms with Crippen LogP contribution in [-0.4, -0.2) is 61.7 Å². The summed E-state index contributed by atoms with van der Waals surface area (Å²) in [6, 6.07) is 0.829. The predicted molar refractivity (Wildman–Crippen MR) is 64.1 cm³/mol. The molecule has 1 N–H and O–H groups in total. The highest BCUT2D eigenvalue weighted by Gasteiger charge is 2.27. The van der Waals surface area contributed by atoms with E-state index in [2.05, 4.69) is 35.0 Å². The first-order valence-electron chi connectivity index (χ1n) is 6.06. The first kappa shape index (κ1) is 11.1. The van der Waals surface area contributed by atoms with Crippen molar-refractivity contribution in [3.05, 3.63) is 11.6 Å². The Morgan fingerprint density at radius 1 is 1.20 bits per heavy atom. The molecule has 0 amide bonds. The van der Waals surface area contributed by atoms with Crippen LogP contribution in [0.5, 0.6) is 0 Å². The Labute approximate surface area is 93.1 Å². The minimum Gasteiger partial charge on any atom is -0.314 e. The molecule has 15 heavy (non-hydrogen) atoms. The SMILES string of the molecule is CC(C)=CCN1CCN(C2CNC2)CC1. The van der Waals surface area contributed by atoms with Crippen LogP contribution in [0.1, 0.15) is 13.8 Å². The van der Waals surface area contributed by atoms with E-state index in [9.17, 15) is 0 Å². The van der Waals surface area contributed by atoms with Gasteiger partial charge in [0.2, 0.25) is 0 Å². The van der Waals surface area contributed by atoms with Crippen LogP contribution in [0, 0.1) is 0 Å². The molecule has 0 aromatic heterocycles. The second-order valence-electron chi connectivity index (χ2n) is 4.93. The lowest BCUT2D eigenvalue weighted by molar-refractivity contribution is 0.0781. The first-order chi connectivity index (χ1) is 7.25. The zero-order valence-electron chi connectivity index (χ0n) is 10.00. The van der Waals surface area contributed by atoms with Crippen molar-refractivity contribution in [1.82, 2.24) is 15.1 Å². The highest BCUT2D eigenvalue weighted by Crippen LogP contribution is 2.09. The number of nitrogens with one attached hydrogen (secondary N) is 1. The van der Waals surface area contributed by atoms with Crippen LogP contribution < -0.4 is 5.32 Å². The zero-order chi connectivity index (χ0) is 10.7. The summed E-state index contributed by atoms with van der Waals surface area (Å²) in [4.78, 5) is 5.19. The fraction of sp³-hybridized carbons (Fsp3) is 0.833. The summed E-state index contributed by atoms with van der Waals surface area (Å²) in [5.74, 6) is 0. The fourth-order valence-corrected chi connectivity index (χ4v) is 2.15. The van der Waals surface area contributed by atoms with Crippen molar-refractivity contribution >= 4 is 0 Å². The molecule has 0 bridgehead atoms. The second kappa shape index (κ2) is 5.10. The molecular weight excluding hydrogens is 186 g/mol. The van der Waals surface area contributed by atoms with Crippen LogP contribution in [-0.2, 0) is 0 Å². The topological polar surface area (TPSA) is 18.5 Å². The molecule has 0 unspecified atom stereocenters. The van der Waals surface area contributed by atoms with Crippen LogP contribution in [0.4, 0.5) is 0 Å². The normalized spacial score (nSPS) is 24.9. The van der Waals surface area contributed by atoms with Crippen molar-refractivity contribution < 1.29 is 0 Å². The van der Waals surface area contributed by atoms with E-state index >= 15 is 0 Å². The molecule has 0 radical (unpaired) electrons. The molecule has 2 saturated heterocycles. The van der Waals surface area contributed by atoms with E-state index in [4.69, 9.17) is 0 Å². The van der Waals surface area contributed by atoms with Gasteiger partial charge in [-0.2, -0.15) is 0 Å². The number of hydrogen-bond donors (Lipinski definition) is 1. The van der Waals surface area contributed by atoms with E-state index in [0.29, 0.717) is 0 Å². The minimum atomic E-state index is 0.829. The van der Waals surface area contributed by atoms with Crippen LogP contribution in [0.2, 0.25) is 0 Å². The fourth-order valence-electron chi connectivity index (χ4n) is 2.15. The van der Waals surface area contributed by atoms with Gasteiger partial charge in [0.05, 0.1) is 0 Å². The minimum absolute atomic E-state index is 0.829. The summed E-state index contributed by atoms with van der Waals surface area (Å²) < 4.78 is 0. The largest absolute Gasteiger partial charge is 0.314 e. The molecule has 2 rings (SSSR count). The van der Waals surface area contributed by atoms with E-state index in [1.54, 1.807) is 0 Å². The van der Waals surface area contributed by atoms with Gasteiger partial charge in [0.15, 0.2) is 0 Å². The summed E-state index contributed by atoms with van der Waals surface area (Å²) in [7, 11) is 0. The monoisotopic (exact) mass is 209 g/mol. The van der Waals surface area contributed by atoms with Crippen molar-refractivity contribution in [2.45, 2.75) is 19.9 Å². The van der Waals surface area contributed by atoms with E-state index in [-0.39, 0.29) is 0 Å². The van der Waals surface area contributed by atoms with Gasteiger partial charge in [-0.15, -0.1) is 0 Å². The molecule has 2 fully saturated rings. The Balaban J connectivity index is 1.69. The third-order valence-corrected chi connectivity index (χ3v) is 3.44. The average Bonchev–Trinajstić information content (AvgIpc) is 2.14. The van der Waals surface area contributed by atoms with E-state index in [1.165, 1.54) is 44.8 Å². The highest BCUT2D eigenvalue weighted by atomic mass is 15.3. The summed E-state index contributed by atoms with van der Waals surface area (Å²) in [5, 5.41) is 3.35. The Hall–Kier alpha value is -0.380. The zero-order valence-corrected chi connectivity index (χ0v) is 10.00. The lowest BCUT2D eigenvalue weighted by atomic mass is 10.1. The molecule has 0 atom stereocenters. The summed E-state index contributed by atoms with van der Waals surface area (Å²) in [6.45, 7) is 12.9. The van der Waals surface area contributed by atoms with E-state index in [1.807, 2.05) is 0 Å². The molecule has 0 aromatic rings. The third-order valence-electron chi connectivity index (χ3n) is 3.44. The Bertz CT molecular complexity index is 221. The van der Waals surface area contributed by atoms with Crippen LogP contribution >= 0.6 is 0 Å². The van der Waals surface area contributed by atoms with Gasteiger partial charge in [-0.05, 0) is 13.8 Å². The van der Waals surface area contributed by atoms with Crippen LogP contribution in [0.25, 0.3) is 0 Å². The van der Waals surface area contributed by atoms with Crippen molar-refractivity contribution in [3.8, 4) is 0 Å². The van der Waals surface area contributed by atoms with Gasteiger partial charge in [0.1, 0.15) is 0 Å². The number of hydrogen-bond acceptors (Lipinski definition) is 3. The van der Waals surface area contributed by atoms with Crippen molar-refractivity contribution in [2.24, 2.45) is 0 Å². The predicted octanol–water partition coefficient (Wildman–Crippen LogP) is 0.542. The lowest BCUT2D eigenvalue weighted by Gasteiger charge is -2.43. The van der Waals surface area contributed by atoms with Gasteiger partial charge < -0.3 is 5.32 Å². The number of piperazine rings is 1. The number of rotatable bonds is 3. The van der Waals surface area contributed by atoms with Gasteiger partial charge in [0, 0.05) is 51.9 Å². The van der Waals surface area contributed by atoms with Gasteiger partial charge in [-0.3, -0.25) is 9.80 Å². The molecule has 0 saturated carbocycles. The highest BCUT2D eigenvalue weighted by molar-refractivity contribution is 4.96. The molecule has 86 valence electrons. The second-order valence-corrected chi connectivity index (χ2v) is 4.93. The van der Waals surface area contributed by atoms with E-state index < -0.39 is 0 Å². The molecule has 2 heterocycles. The van der Waals surface area contributed by atoms with Crippen molar-refractivity contribution in [2.75, 3.05) is 45.8 Å². The van der Waals surface area contributed by atoms with E-state index in [0.717, 1.165) is 12.6 Å². The van der Waals surface area contributed by atoms with Gasteiger partial charge in [-0.1, -0.05) is 11.6 Å². The number of nitrogens with zero attached hydrogens (tertiary/aromatic N) is 2. The molecular formula is C12H23N3. The maximum absolute atomic E-state index is 3.35. The number of allylic oxidation sites excluding steroid dienone is 1. The maximum Gasteiger partial charge on any atom is 0.0346 e.